The number of nitrogens with two attached hydrogens (primary N) is 1. The highest BCUT2D eigenvalue weighted by atomic mass is 35.5. The summed E-state index contributed by atoms with van der Waals surface area (Å²) in [4.78, 5) is 21.7. The highest BCUT2D eigenvalue weighted by molar-refractivity contribution is 6.31. The number of nitrogen functional groups attached to an aromatic ring is 1. The number of amides is 1. The number of ether oxygens (including phenoxy) is 1. The van der Waals surface area contributed by atoms with Gasteiger partial charge in [0, 0.05) is 54.9 Å². The van der Waals surface area contributed by atoms with Crippen LogP contribution in [0.1, 0.15) is 42.9 Å². The lowest BCUT2D eigenvalue weighted by atomic mass is 9.93. The number of piperidine rings is 2. The topological polar surface area (TPSA) is 99.0 Å². The maximum Gasteiger partial charge on any atom is 0.225 e. The molecule has 4 heterocycles. The summed E-state index contributed by atoms with van der Waals surface area (Å²) < 4.78 is 47.3. The molecule has 3 aliphatic rings. The zero-order valence-corrected chi connectivity index (χ0v) is 24.3. The number of epoxide rings is 1. The van der Waals surface area contributed by atoms with Gasteiger partial charge in [0.15, 0.2) is 6.23 Å². The average Bonchev–Trinajstić information content (AvgIpc) is 3.72. The van der Waals surface area contributed by atoms with Crippen molar-refractivity contribution in [1.82, 2.24) is 14.8 Å². The first-order chi connectivity index (χ1) is 20.7. The Morgan fingerprint density at radius 2 is 1.67 bits per heavy atom. The minimum absolute atomic E-state index is 0.0394. The molecule has 0 radical (unpaired) electrons. The fraction of sp³-hybridized carbons (Fsp3) is 0.419. The van der Waals surface area contributed by atoms with Gasteiger partial charge in [0.2, 0.25) is 5.91 Å². The number of hydrogen-bond acceptors (Lipinski definition) is 7. The molecule has 0 saturated carbocycles. The average molecular weight is 615 g/mol. The van der Waals surface area contributed by atoms with Crippen molar-refractivity contribution >= 4 is 34.7 Å². The van der Waals surface area contributed by atoms with Gasteiger partial charge in [0.05, 0.1) is 16.9 Å². The normalized spacial score (nSPS) is 21.5. The number of benzene rings is 2. The summed E-state index contributed by atoms with van der Waals surface area (Å²) in [5, 5.41) is 7.17. The summed E-state index contributed by atoms with van der Waals surface area (Å²) in [6, 6.07) is 10.6. The molecule has 3 aromatic rings. The van der Waals surface area contributed by atoms with Crippen LogP contribution in [-0.2, 0) is 16.1 Å². The molecule has 228 valence electrons. The van der Waals surface area contributed by atoms with E-state index in [1.807, 2.05) is 23.1 Å². The predicted octanol–water partition coefficient (Wildman–Crippen LogP) is 5.56. The number of carbonyl (C=O) groups excluding carboxylic acids is 1. The summed E-state index contributed by atoms with van der Waals surface area (Å²) in [6.07, 6.45) is 3.39. The lowest BCUT2D eigenvalue weighted by Crippen LogP contribution is -2.47. The van der Waals surface area contributed by atoms with E-state index in [0.717, 1.165) is 56.6 Å². The van der Waals surface area contributed by atoms with Gasteiger partial charge >= 0.3 is 0 Å². The van der Waals surface area contributed by atoms with Gasteiger partial charge in [-0.2, -0.15) is 0 Å². The summed E-state index contributed by atoms with van der Waals surface area (Å²) in [5.74, 6) is -2.16. The number of pyridine rings is 1. The van der Waals surface area contributed by atoms with Crippen molar-refractivity contribution in [2.24, 2.45) is 5.92 Å². The van der Waals surface area contributed by atoms with Crippen molar-refractivity contribution in [3.63, 3.8) is 0 Å². The second kappa shape index (κ2) is 12.6. The Morgan fingerprint density at radius 3 is 2.37 bits per heavy atom. The van der Waals surface area contributed by atoms with E-state index in [9.17, 15) is 18.0 Å². The number of anilines is 3. The smallest absolute Gasteiger partial charge is 0.225 e. The molecule has 6 rings (SSSR count). The fourth-order valence-corrected chi connectivity index (χ4v) is 6.27. The quantitative estimate of drug-likeness (QED) is 0.286. The molecule has 8 nitrogen and oxygen atoms in total. The first-order valence-electron chi connectivity index (χ1n) is 14.6. The third-order valence-electron chi connectivity index (χ3n) is 8.45. The summed E-state index contributed by atoms with van der Waals surface area (Å²) >= 11 is 6.24. The molecule has 4 N–H and O–H groups in total. The largest absolute Gasteiger partial charge is 0.384 e. The zero-order valence-electron chi connectivity index (χ0n) is 23.5. The highest BCUT2D eigenvalue weighted by Gasteiger charge is 2.44. The maximum atomic E-state index is 14.2. The van der Waals surface area contributed by atoms with E-state index in [1.54, 1.807) is 18.3 Å². The molecule has 3 aliphatic heterocycles. The maximum absolute atomic E-state index is 14.2. The lowest BCUT2D eigenvalue weighted by molar-refractivity contribution is -0.138. The van der Waals surface area contributed by atoms with Crippen molar-refractivity contribution < 1.29 is 22.7 Å². The second-order valence-corrected chi connectivity index (χ2v) is 11.9. The Bertz CT molecular complexity index is 1460. The number of likely N-dealkylation sites (tertiary alicyclic amines) is 2. The molecule has 1 amide bonds. The molecule has 0 spiro atoms. The number of aromatic nitrogens is 1. The van der Waals surface area contributed by atoms with Crippen LogP contribution in [0.15, 0.2) is 48.7 Å². The van der Waals surface area contributed by atoms with E-state index in [0.29, 0.717) is 41.8 Å². The minimum Gasteiger partial charge on any atom is -0.384 e. The first-order valence-corrected chi connectivity index (χ1v) is 15.0. The zero-order chi connectivity index (χ0) is 30.1. The molecule has 3 saturated heterocycles. The Kier molecular flexibility index (Phi) is 8.65. The summed E-state index contributed by atoms with van der Waals surface area (Å²) in [5.41, 5.74) is 8.02. The second-order valence-electron chi connectivity index (χ2n) is 11.5. The van der Waals surface area contributed by atoms with Gasteiger partial charge in [0.1, 0.15) is 29.4 Å². The third-order valence-corrected chi connectivity index (χ3v) is 8.69. The Labute approximate surface area is 253 Å². The van der Waals surface area contributed by atoms with Gasteiger partial charge in [-0.1, -0.05) is 11.6 Å². The van der Waals surface area contributed by atoms with Crippen LogP contribution in [0.4, 0.5) is 30.4 Å². The monoisotopic (exact) mass is 614 g/mol. The third kappa shape index (κ3) is 7.00. The van der Waals surface area contributed by atoms with Crippen LogP contribution in [-0.4, -0.2) is 59.1 Å². The number of rotatable bonds is 8. The van der Waals surface area contributed by atoms with Crippen molar-refractivity contribution in [3.05, 3.63) is 82.3 Å². The van der Waals surface area contributed by atoms with Gasteiger partial charge in [-0.05, 0) is 74.7 Å². The number of hydrogen-bond donors (Lipinski definition) is 3. The SMILES string of the molecule is Nc1cc(CN2CCC(C(=O)N3CCC(Nc4ccc(Cl)cc4NC4OC4c4c(F)cc(F)cc4F)CC3)CC2)ccn1. The molecule has 1 aromatic heterocycles. The highest BCUT2D eigenvalue weighted by Crippen LogP contribution is 2.43. The minimum atomic E-state index is -0.987. The van der Waals surface area contributed by atoms with Crippen molar-refractivity contribution in [2.75, 3.05) is 42.5 Å². The van der Waals surface area contributed by atoms with Crippen LogP contribution < -0.4 is 16.4 Å². The first kappa shape index (κ1) is 29.5. The van der Waals surface area contributed by atoms with E-state index >= 15 is 0 Å². The van der Waals surface area contributed by atoms with E-state index in [4.69, 9.17) is 22.1 Å². The van der Waals surface area contributed by atoms with Crippen LogP contribution in [0.3, 0.4) is 0 Å². The van der Waals surface area contributed by atoms with E-state index in [2.05, 4.69) is 20.5 Å². The Hall–Kier alpha value is -3.54. The Morgan fingerprint density at radius 1 is 0.953 bits per heavy atom. The fourth-order valence-electron chi connectivity index (χ4n) is 6.09. The Balaban J connectivity index is 0.993. The molecule has 43 heavy (non-hydrogen) atoms. The summed E-state index contributed by atoms with van der Waals surface area (Å²) in [7, 11) is 0. The molecular weight excluding hydrogens is 581 g/mol. The predicted molar refractivity (Wildman–Crippen MR) is 159 cm³/mol. The number of carbonyl (C=O) groups is 1. The molecule has 2 unspecified atom stereocenters. The molecule has 0 bridgehead atoms. The molecular formula is C31H34ClF3N6O2. The van der Waals surface area contributed by atoms with E-state index in [-0.39, 0.29) is 23.4 Å². The van der Waals surface area contributed by atoms with Crippen LogP contribution in [0.2, 0.25) is 5.02 Å². The molecule has 3 fully saturated rings. The number of nitrogens with one attached hydrogen (secondary N) is 2. The van der Waals surface area contributed by atoms with Crippen molar-refractivity contribution in [1.29, 1.82) is 0 Å². The van der Waals surface area contributed by atoms with Crippen LogP contribution >= 0.6 is 11.6 Å². The lowest BCUT2D eigenvalue weighted by Gasteiger charge is -2.37. The van der Waals surface area contributed by atoms with Crippen molar-refractivity contribution in [3.8, 4) is 0 Å². The van der Waals surface area contributed by atoms with Crippen LogP contribution in [0, 0.1) is 23.4 Å². The van der Waals surface area contributed by atoms with Gasteiger partial charge < -0.3 is 26.0 Å². The standard InChI is InChI=1S/C31H34ClF3N6O2/c32-20-1-2-25(26(14-20)39-30-29(43-30)28-23(34)15-21(33)16-24(28)35)38-22-6-11-41(12-7-22)31(42)19-4-9-40(10-5-19)17-18-3-8-37-27(36)13-18/h1-3,8,13-16,19,22,29-30,38-39H,4-7,9-12,17H2,(H2,36,37). The van der Waals surface area contributed by atoms with Crippen LogP contribution in [0.5, 0.6) is 0 Å². The molecule has 2 atom stereocenters. The van der Waals surface area contributed by atoms with Crippen molar-refractivity contribution in [2.45, 2.75) is 50.6 Å². The number of halogens is 4. The number of nitrogens with zero attached hydrogens (tertiary/aromatic N) is 3. The molecule has 2 aromatic carbocycles. The molecule has 12 heteroatoms. The van der Waals surface area contributed by atoms with E-state index < -0.39 is 29.8 Å². The van der Waals surface area contributed by atoms with Gasteiger partial charge in [-0.15, -0.1) is 0 Å². The van der Waals surface area contributed by atoms with Crippen LogP contribution in [0.25, 0.3) is 0 Å². The van der Waals surface area contributed by atoms with Gasteiger partial charge in [0.25, 0.3) is 0 Å². The van der Waals surface area contributed by atoms with E-state index in [1.165, 1.54) is 0 Å². The summed E-state index contributed by atoms with van der Waals surface area (Å²) in [6.45, 7) is 3.88. The van der Waals surface area contributed by atoms with Gasteiger partial charge in [-0.25, -0.2) is 18.2 Å². The molecule has 0 aliphatic carbocycles. The van der Waals surface area contributed by atoms with Gasteiger partial charge in [-0.3, -0.25) is 9.69 Å².